The van der Waals surface area contributed by atoms with Crippen LogP contribution in [0.2, 0.25) is 0 Å². The average molecular weight is 1740 g/mol. The number of para-hydroxylation sites is 1. The molecule has 8 heterocycles. The van der Waals surface area contributed by atoms with Gasteiger partial charge in [0, 0.05) is 127 Å². The summed E-state index contributed by atoms with van der Waals surface area (Å²) in [5, 5.41) is 0. The van der Waals surface area contributed by atoms with E-state index in [1.54, 1.807) is 61.2 Å². The van der Waals surface area contributed by atoms with Crippen molar-refractivity contribution in [1.29, 1.82) is 0 Å². The van der Waals surface area contributed by atoms with Gasteiger partial charge < -0.3 is 18.9 Å². The highest BCUT2D eigenvalue weighted by Gasteiger charge is 2.32. The minimum absolute atomic E-state index is 0.0152. The molecule has 0 saturated carbocycles. The summed E-state index contributed by atoms with van der Waals surface area (Å²) in [6.45, 7) is 58.7. The molecule has 8 aromatic heterocycles. The molecule has 0 fully saturated rings. The largest absolute Gasteiger partial charge is 0.439 e. The summed E-state index contributed by atoms with van der Waals surface area (Å²) < 4.78 is 112. The zero-order chi connectivity index (χ0) is 94.7. The Kier molecular flexibility index (Phi) is 37.1. The van der Waals surface area contributed by atoms with E-state index >= 15 is 0 Å². The highest BCUT2D eigenvalue weighted by Crippen LogP contribution is 2.39. The van der Waals surface area contributed by atoms with E-state index < -0.39 is 23.4 Å². The maximum atomic E-state index is 13.6. The second-order valence-electron chi connectivity index (χ2n) is 38.7. The van der Waals surface area contributed by atoms with Gasteiger partial charge in [0.25, 0.3) is 0 Å². The van der Waals surface area contributed by atoms with E-state index in [0.29, 0.717) is 35.0 Å². The molecule has 0 atom stereocenters. The Balaban J connectivity index is 0.000000225. The zero-order valence-electron chi connectivity index (χ0n) is 79.4. The van der Waals surface area contributed by atoms with Gasteiger partial charge in [0.1, 0.15) is 23.1 Å². The molecule has 12 nitrogen and oxygen atoms in total. The van der Waals surface area contributed by atoms with Gasteiger partial charge in [0.05, 0.1) is 5.56 Å². The Bertz CT molecular complexity index is 5520. The predicted octanol–water partition coefficient (Wildman–Crippen LogP) is 30.9. The van der Waals surface area contributed by atoms with Gasteiger partial charge in [-0.1, -0.05) is 270 Å². The van der Waals surface area contributed by atoms with Gasteiger partial charge in [-0.2, -0.15) is 13.2 Å². The number of nitrogens with zero attached hydrogens (tertiary/aromatic N) is 8. The number of benzene rings is 5. The fourth-order valence-electron chi connectivity index (χ4n) is 11.7. The van der Waals surface area contributed by atoms with Crippen LogP contribution in [0.4, 0.5) is 30.7 Å². The van der Waals surface area contributed by atoms with Crippen LogP contribution in [-0.4, -0.2) is 39.9 Å². The van der Waals surface area contributed by atoms with Crippen LogP contribution in [0.1, 0.15) is 246 Å². The van der Waals surface area contributed by atoms with Crippen molar-refractivity contribution in [2.24, 2.45) is 0 Å². The van der Waals surface area contributed by atoms with Gasteiger partial charge in [-0.3, -0.25) is 19.9 Å². The Morgan fingerprint density at radius 1 is 0.291 bits per heavy atom. The molecule has 13 rings (SSSR count). The molecule has 0 bridgehead atoms. The third-order valence-electron chi connectivity index (χ3n) is 19.3. The van der Waals surface area contributed by atoms with Gasteiger partial charge in [-0.25, -0.2) is 37.5 Å². The number of ether oxygens (including phenoxy) is 4. The van der Waals surface area contributed by atoms with Crippen LogP contribution in [0.25, 0.3) is 11.1 Å². The van der Waals surface area contributed by atoms with Crippen molar-refractivity contribution in [3.63, 3.8) is 0 Å². The molecule has 0 amide bonds. The molecular weight excluding hydrogens is 1610 g/mol. The summed E-state index contributed by atoms with van der Waals surface area (Å²) in [6, 6.07) is 66.4. The fourth-order valence-corrected chi connectivity index (χ4v) is 11.7. The first kappa shape index (κ1) is 104. The van der Waals surface area contributed by atoms with Crippen LogP contribution in [-0.2, 0) is 55.9 Å². The second kappa shape index (κ2) is 45.4. The van der Waals surface area contributed by atoms with Crippen molar-refractivity contribution >= 4 is 0 Å². The molecule has 127 heavy (non-hydrogen) atoms. The van der Waals surface area contributed by atoms with Crippen molar-refractivity contribution < 1.29 is 49.7 Å². The van der Waals surface area contributed by atoms with Crippen LogP contribution in [0.3, 0.4) is 0 Å². The number of alkyl halides is 3. The number of hydrogen-bond acceptors (Lipinski definition) is 12. The first-order valence-corrected chi connectivity index (χ1v) is 42.6. The molecule has 0 aliphatic heterocycles. The van der Waals surface area contributed by atoms with E-state index in [0.717, 1.165) is 81.5 Å². The van der Waals surface area contributed by atoms with E-state index in [2.05, 4.69) is 252 Å². The van der Waals surface area contributed by atoms with Crippen molar-refractivity contribution in [2.75, 3.05) is 0 Å². The maximum Gasteiger partial charge on any atom is 0.417 e. The first-order valence-electron chi connectivity index (χ1n) is 42.6. The lowest BCUT2D eigenvalue weighted by molar-refractivity contribution is -0.137. The second-order valence-corrected chi connectivity index (χ2v) is 38.7. The number of halogens is 7. The summed E-state index contributed by atoms with van der Waals surface area (Å²) in [5.41, 5.74) is 14.4. The topological polar surface area (TPSA) is 140 Å². The van der Waals surface area contributed by atoms with Gasteiger partial charge in [0.2, 0.25) is 23.5 Å². The number of pyridine rings is 8. The Morgan fingerprint density at radius 2 is 0.685 bits per heavy atom. The normalized spacial score (nSPS) is 11.6. The van der Waals surface area contributed by atoms with Crippen molar-refractivity contribution in [1.82, 2.24) is 39.9 Å². The Labute approximate surface area is 750 Å². The summed E-state index contributed by atoms with van der Waals surface area (Å²) in [7, 11) is 0. The molecule has 0 unspecified atom stereocenters. The summed E-state index contributed by atoms with van der Waals surface area (Å²) in [4.78, 5) is 34.3. The standard InChI is InChI=1S/C17H21NO.C15H15F2NO.2C15H16FNO.C15H17N.C11H17N.C10H12F3N.C10H15N/c1-12-8-6-10-15(13(12)2)19-16-14(17(3,4)5)9-7-11-18-16;1-15(2,3)11-5-4-8-18-14(11)19-13-7-6-10(16)9-12(13)17;1-15(2,3)13-5-4-10-17-14(13)18-12-8-6-11(16)7-9-12;1-15(2,3)11-7-6-10-17-14(11)18-13-9-5-4-8-12(13)16;1-15(2,3)14-10-9-13(11-16-14)12-7-5-4-6-8-12;1-5-9-7-6-8-10(12-9)11(2,3)4;1-9(2,3)8-5-4-7(6-14-8)10(11,12)13;1-8-6-5-7-9(11-8)10(2,3)4/h6-11H,1-5H3;4-9H,1-3H3;2*4-10H,1-3H3;4-11H,1-3H3;6-8H,5H2,1-4H3;4-6H,1-3H3;5-7H,1-4H3. The van der Waals surface area contributed by atoms with E-state index in [4.69, 9.17) is 18.9 Å². The Morgan fingerprint density at radius 3 is 1.08 bits per heavy atom. The van der Waals surface area contributed by atoms with Crippen LogP contribution in [0.15, 0.2) is 262 Å². The van der Waals surface area contributed by atoms with Gasteiger partial charge >= 0.3 is 6.18 Å². The molecule has 0 N–H and O–H groups in total. The first-order chi connectivity index (χ1) is 59.0. The highest BCUT2D eigenvalue weighted by atomic mass is 19.4. The van der Waals surface area contributed by atoms with E-state index in [1.807, 2.05) is 127 Å². The molecule has 13 aromatic rings. The molecule has 19 heteroatoms. The number of rotatable bonds is 10. The van der Waals surface area contributed by atoms with Gasteiger partial charge in [0.15, 0.2) is 23.1 Å². The van der Waals surface area contributed by atoms with E-state index in [-0.39, 0.29) is 66.5 Å². The molecule has 0 spiro atoms. The molecule has 674 valence electrons. The maximum absolute atomic E-state index is 13.6. The molecule has 0 aliphatic carbocycles. The molecule has 0 radical (unpaired) electrons. The number of hydrogen-bond donors (Lipinski definition) is 0. The number of aryl methyl sites for hydroxylation is 3. The van der Waals surface area contributed by atoms with Gasteiger partial charge in [-0.15, -0.1) is 0 Å². The summed E-state index contributed by atoms with van der Waals surface area (Å²) in [6.07, 6.45) is 6.23. The lowest BCUT2D eigenvalue weighted by Crippen LogP contribution is -2.14. The van der Waals surface area contributed by atoms with Crippen molar-refractivity contribution in [3.8, 4) is 57.6 Å². The van der Waals surface area contributed by atoms with Crippen LogP contribution in [0, 0.1) is 44.0 Å². The quantitative estimate of drug-likeness (QED) is 0.120. The predicted molar refractivity (Wildman–Crippen MR) is 503 cm³/mol. The third-order valence-corrected chi connectivity index (χ3v) is 19.3. The zero-order valence-corrected chi connectivity index (χ0v) is 79.4. The lowest BCUT2D eigenvalue weighted by Gasteiger charge is -2.22. The number of aromatic nitrogens is 8. The molecule has 0 aliphatic rings. The monoisotopic (exact) mass is 1740 g/mol. The van der Waals surface area contributed by atoms with Crippen molar-refractivity contribution in [2.45, 2.75) is 250 Å². The summed E-state index contributed by atoms with van der Waals surface area (Å²) >= 11 is 0. The summed E-state index contributed by atoms with van der Waals surface area (Å²) in [5.74, 6) is 1.63. The smallest absolute Gasteiger partial charge is 0.417 e. The van der Waals surface area contributed by atoms with Crippen LogP contribution in [0.5, 0.6) is 46.5 Å². The average Bonchev–Trinajstić information content (AvgIpc) is 0.824. The van der Waals surface area contributed by atoms with Crippen LogP contribution >= 0.6 is 0 Å². The molecule has 0 saturated heterocycles. The fraction of sp³-hybridized carbons (Fsp3) is 0.352. The van der Waals surface area contributed by atoms with Crippen LogP contribution < -0.4 is 18.9 Å². The molecule has 5 aromatic carbocycles. The Hall–Kier alpha value is -12.0. The lowest BCUT2D eigenvalue weighted by atomic mass is 9.88. The minimum Gasteiger partial charge on any atom is -0.439 e. The highest BCUT2D eigenvalue weighted by molar-refractivity contribution is 5.62. The third kappa shape index (κ3) is 34.4. The molecular formula is C108H129F7N8O4. The minimum atomic E-state index is -4.30. The SMILES string of the molecule is CC(C)(C)c1ccc(-c2ccccc2)cn1.CC(C)(C)c1ccc(C(F)(F)F)cn1.CC(C)(C)c1cccnc1Oc1ccc(F)cc1.CC(C)(C)c1cccnc1Oc1ccc(F)cc1F.CC(C)(C)c1cccnc1Oc1ccccc1F.CCc1cccc(C(C)(C)C)n1.Cc1cccc(C(C)(C)C)n1.Cc1cccc(Oc2ncccc2C(C)(C)C)c1C. The van der Waals surface area contributed by atoms with Gasteiger partial charge in [-0.05, 0) is 187 Å². The van der Waals surface area contributed by atoms with E-state index in [1.165, 1.54) is 58.4 Å². The van der Waals surface area contributed by atoms with E-state index in [9.17, 15) is 30.7 Å². The van der Waals surface area contributed by atoms with Crippen molar-refractivity contribution in [3.05, 3.63) is 358 Å².